The Morgan fingerprint density at radius 1 is 1.41 bits per heavy atom. The van der Waals surface area contributed by atoms with Gasteiger partial charge in [-0.2, -0.15) is 5.10 Å². The third-order valence-electron chi connectivity index (χ3n) is 3.11. The molecule has 1 rings (SSSR count). The summed E-state index contributed by atoms with van der Waals surface area (Å²) in [7, 11) is 4.07. The number of halogens is 1. The van der Waals surface area contributed by atoms with Crippen molar-refractivity contribution in [2.24, 2.45) is 13.0 Å². The maximum atomic E-state index is 4.54. The van der Waals surface area contributed by atoms with Crippen molar-refractivity contribution in [3.63, 3.8) is 0 Å². The summed E-state index contributed by atoms with van der Waals surface area (Å²) in [6, 6.07) is 0.520. The lowest BCUT2D eigenvalue weighted by Crippen LogP contribution is -2.30. The Labute approximate surface area is 113 Å². The number of likely N-dealkylation sites (N-methyl/N-ethyl adjacent to an activating group) is 1. The molecule has 0 aliphatic rings. The van der Waals surface area contributed by atoms with Crippen molar-refractivity contribution in [3.8, 4) is 0 Å². The standard InChI is InChI=1S/C13H24BrN3/c1-6-11-13(14)12(17(5)16-11)8-10(15-4)7-9(2)3/h9-10,15H,6-8H2,1-5H3. The van der Waals surface area contributed by atoms with E-state index in [1.54, 1.807) is 0 Å². The molecule has 17 heavy (non-hydrogen) atoms. The Hall–Kier alpha value is -0.350. The Morgan fingerprint density at radius 2 is 2.06 bits per heavy atom. The number of aromatic nitrogens is 2. The van der Waals surface area contributed by atoms with Gasteiger partial charge in [0.2, 0.25) is 0 Å². The molecule has 3 nitrogen and oxygen atoms in total. The van der Waals surface area contributed by atoms with E-state index in [4.69, 9.17) is 0 Å². The fourth-order valence-corrected chi connectivity index (χ4v) is 2.93. The molecule has 0 radical (unpaired) electrons. The summed E-state index contributed by atoms with van der Waals surface area (Å²) in [5.41, 5.74) is 2.45. The number of aryl methyl sites for hydroxylation is 2. The molecule has 0 saturated heterocycles. The number of nitrogens with zero attached hydrogens (tertiary/aromatic N) is 2. The first-order valence-electron chi connectivity index (χ1n) is 6.37. The Bertz CT molecular complexity index is 358. The monoisotopic (exact) mass is 301 g/mol. The first-order valence-corrected chi connectivity index (χ1v) is 7.16. The van der Waals surface area contributed by atoms with Gasteiger partial charge in [-0.15, -0.1) is 0 Å². The van der Waals surface area contributed by atoms with Crippen molar-refractivity contribution < 1.29 is 0 Å². The average Bonchev–Trinajstić information content (AvgIpc) is 2.54. The summed E-state index contributed by atoms with van der Waals surface area (Å²) in [4.78, 5) is 0. The van der Waals surface area contributed by atoms with Crippen LogP contribution >= 0.6 is 15.9 Å². The molecule has 0 bridgehead atoms. The highest BCUT2D eigenvalue weighted by atomic mass is 79.9. The van der Waals surface area contributed by atoms with Gasteiger partial charge in [-0.3, -0.25) is 4.68 Å². The minimum absolute atomic E-state index is 0.520. The largest absolute Gasteiger partial charge is 0.317 e. The van der Waals surface area contributed by atoms with Crippen molar-refractivity contribution in [2.75, 3.05) is 7.05 Å². The van der Waals surface area contributed by atoms with Crippen molar-refractivity contribution in [1.82, 2.24) is 15.1 Å². The molecule has 1 N–H and O–H groups in total. The Kier molecular flexibility index (Phi) is 5.67. The Morgan fingerprint density at radius 3 is 2.47 bits per heavy atom. The van der Waals surface area contributed by atoms with Crippen LogP contribution in [0.5, 0.6) is 0 Å². The summed E-state index contributed by atoms with van der Waals surface area (Å²) in [6.45, 7) is 6.67. The van der Waals surface area contributed by atoms with Crippen molar-refractivity contribution in [3.05, 3.63) is 15.9 Å². The van der Waals surface area contributed by atoms with Gasteiger partial charge in [0, 0.05) is 19.5 Å². The SMILES string of the molecule is CCc1nn(C)c(CC(CC(C)C)NC)c1Br. The molecule has 0 aliphatic carbocycles. The summed E-state index contributed by atoms with van der Waals surface area (Å²) in [6.07, 6.45) is 3.19. The van der Waals surface area contributed by atoms with Gasteiger partial charge in [-0.25, -0.2) is 0 Å². The number of nitrogens with one attached hydrogen (secondary N) is 1. The molecular weight excluding hydrogens is 278 g/mol. The first kappa shape index (κ1) is 14.7. The van der Waals surface area contributed by atoms with Crippen LogP contribution < -0.4 is 5.32 Å². The van der Waals surface area contributed by atoms with E-state index in [1.807, 2.05) is 18.8 Å². The molecule has 1 heterocycles. The Balaban J connectivity index is 2.82. The molecule has 0 amide bonds. The van der Waals surface area contributed by atoms with Gasteiger partial charge in [-0.05, 0) is 41.7 Å². The number of rotatable bonds is 6. The number of hydrogen-bond donors (Lipinski definition) is 1. The zero-order chi connectivity index (χ0) is 13.0. The van der Waals surface area contributed by atoms with Gasteiger partial charge in [0.15, 0.2) is 0 Å². The molecule has 1 atom stereocenters. The molecule has 1 aromatic rings. The van der Waals surface area contributed by atoms with Crippen LogP contribution in [0.2, 0.25) is 0 Å². The zero-order valence-electron chi connectivity index (χ0n) is 11.5. The van der Waals surface area contributed by atoms with Crippen LogP contribution in [0.1, 0.15) is 38.6 Å². The smallest absolute Gasteiger partial charge is 0.0766 e. The van der Waals surface area contributed by atoms with Crippen LogP contribution in [0.4, 0.5) is 0 Å². The minimum atomic E-state index is 0.520. The maximum Gasteiger partial charge on any atom is 0.0766 e. The van der Waals surface area contributed by atoms with E-state index >= 15 is 0 Å². The summed E-state index contributed by atoms with van der Waals surface area (Å²) in [5.74, 6) is 0.713. The molecule has 0 saturated carbocycles. The predicted octanol–water partition coefficient (Wildman–Crippen LogP) is 2.92. The molecule has 0 spiro atoms. The normalized spacial score (nSPS) is 13.4. The fourth-order valence-electron chi connectivity index (χ4n) is 2.15. The van der Waals surface area contributed by atoms with Crippen LogP contribution in [0, 0.1) is 5.92 Å². The fraction of sp³-hybridized carbons (Fsp3) is 0.769. The predicted molar refractivity (Wildman–Crippen MR) is 76.3 cm³/mol. The molecule has 1 aromatic heterocycles. The molecule has 4 heteroatoms. The third kappa shape index (κ3) is 3.81. The van der Waals surface area contributed by atoms with E-state index in [1.165, 1.54) is 16.6 Å². The van der Waals surface area contributed by atoms with E-state index in [-0.39, 0.29) is 0 Å². The molecule has 1 unspecified atom stereocenters. The summed E-state index contributed by atoms with van der Waals surface area (Å²) < 4.78 is 3.19. The summed E-state index contributed by atoms with van der Waals surface area (Å²) in [5, 5.41) is 7.94. The van der Waals surface area contributed by atoms with Gasteiger partial charge >= 0.3 is 0 Å². The van der Waals surface area contributed by atoms with Gasteiger partial charge in [0.25, 0.3) is 0 Å². The van der Waals surface area contributed by atoms with Gasteiger partial charge in [0.05, 0.1) is 15.9 Å². The molecule has 0 fully saturated rings. The van der Waals surface area contributed by atoms with E-state index < -0.39 is 0 Å². The average molecular weight is 302 g/mol. The second-order valence-electron chi connectivity index (χ2n) is 5.00. The van der Waals surface area contributed by atoms with E-state index in [0.29, 0.717) is 12.0 Å². The van der Waals surface area contributed by atoms with Crippen LogP contribution in [-0.2, 0) is 19.9 Å². The molecule has 98 valence electrons. The molecular formula is C13H24BrN3. The van der Waals surface area contributed by atoms with Crippen molar-refractivity contribution in [1.29, 1.82) is 0 Å². The highest BCUT2D eigenvalue weighted by molar-refractivity contribution is 9.10. The van der Waals surface area contributed by atoms with Gasteiger partial charge in [0.1, 0.15) is 0 Å². The number of hydrogen-bond acceptors (Lipinski definition) is 2. The van der Waals surface area contributed by atoms with E-state index in [9.17, 15) is 0 Å². The maximum absolute atomic E-state index is 4.54. The molecule has 0 aromatic carbocycles. The second-order valence-corrected chi connectivity index (χ2v) is 5.80. The quantitative estimate of drug-likeness (QED) is 0.875. The van der Waals surface area contributed by atoms with Crippen LogP contribution in [-0.4, -0.2) is 22.9 Å². The second kappa shape index (κ2) is 6.55. The lowest BCUT2D eigenvalue weighted by Gasteiger charge is -2.18. The van der Waals surface area contributed by atoms with Crippen molar-refractivity contribution in [2.45, 2.75) is 46.1 Å². The summed E-state index contributed by atoms with van der Waals surface area (Å²) >= 11 is 3.68. The van der Waals surface area contributed by atoms with Gasteiger partial charge < -0.3 is 5.32 Å². The van der Waals surface area contributed by atoms with Crippen LogP contribution in [0.15, 0.2) is 4.47 Å². The first-order chi connectivity index (χ1) is 7.99. The third-order valence-corrected chi connectivity index (χ3v) is 4.02. The highest BCUT2D eigenvalue weighted by Gasteiger charge is 2.17. The minimum Gasteiger partial charge on any atom is -0.317 e. The van der Waals surface area contributed by atoms with Gasteiger partial charge in [-0.1, -0.05) is 20.8 Å². The van der Waals surface area contributed by atoms with Crippen molar-refractivity contribution >= 4 is 15.9 Å². The van der Waals surface area contributed by atoms with E-state index in [2.05, 4.69) is 47.1 Å². The molecule has 0 aliphatic heterocycles. The lowest BCUT2D eigenvalue weighted by molar-refractivity contribution is 0.432. The zero-order valence-corrected chi connectivity index (χ0v) is 13.1. The highest BCUT2D eigenvalue weighted by Crippen LogP contribution is 2.23. The topological polar surface area (TPSA) is 29.9 Å². The van der Waals surface area contributed by atoms with Crippen LogP contribution in [0.3, 0.4) is 0 Å². The van der Waals surface area contributed by atoms with Crippen LogP contribution in [0.25, 0.3) is 0 Å². The van der Waals surface area contributed by atoms with E-state index in [0.717, 1.165) is 18.5 Å². The lowest BCUT2D eigenvalue weighted by atomic mass is 10.00.